The van der Waals surface area contributed by atoms with Gasteiger partial charge in [-0.15, -0.1) is 0 Å². The molecule has 3 rings (SSSR count). The summed E-state index contributed by atoms with van der Waals surface area (Å²) in [4.78, 5) is 27.1. The van der Waals surface area contributed by atoms with Crippen LogP contribution in [-0.2, 0) is 9.53 Å². The van der Waals surface area contributed by atoms with E-state index in [2.05, 4.69) is 10.6 Å². The van der Waals surface area contributed by atoms with E-state index >= 15 is 0 Å². The maximum atomic E-state index is 12.9. The molecule has 2 fully saturated rings. The van der Waals surface area contributed by atoms with Crippen molar-refractivity contribution in [3.8, 4) is 0 Å². The van der Waals surface area contributed by atoms with Crippen LogP contribution in [0.1, 0.15) is 24.0 Å². The molecule has 6 nitrogen and oxygen atoms in total. The number of aryl methyl sites for hydroxylation is 2. The summed E-state index contributed by atoms with van der Waals surface area (Å²) in [6, 6.07) is 5.82. The molecule has 0 aromatic heterocycles. The molecule has 0 bridgehead atoms. The van der Waals surface area contributed by atoms with Crippen molar-refractivity contribution in [2.24, 2.45) is 11.3 Å². The largest absolute Gasteiger partial charge is 0.381 e. The Morgan fingerprint density at radius 2 is 1.84 bits per heavy atom. The molecule has 0 aliphatic carbocycles. The number of amides is 3. The zero-order valence-electron chi connectivity index (χ0n) is 15.2. The number of rotatable bonds is 2. The number of nitrogens with zero attached hydrogens (tertiary/aromatic N) is 1. The number of urea groups is 1. The highest BCUT2D eigenvalue weighted by Gasteiger charge is 2.51. The zero-order chi connectivity index (χ0) is 18.0. The summed E-state index contributed by atoms with van der Waals surface area (Å²) in [6.45, 7) is 6.33. The number of nitrogens with one attached hydrogen (secondary N) is 2. The van der Waals surface area contributed by atoms with Gasteiger partial charge in [0.25, 0.3) is 0 Å². The third kappa shape index (κ3) is 3.35. The molecule has 0 saturated carbocycles. The second-order valence-electron chi connectivity index (χ2n) is 7.22. The van der Waals surface area contributed by atoms with Gasteiger partial charge >= 0.3 is 6.03 Å². The molecule has 6 heteroatoms. The molecule has 2 aliphatic rings. The lowest BCUT2D eigenvalue weighted by Crippen LogP contribution is -2.43. The summed E-state index contributed by atoms with van der Waals surface area (Å²) >= 11 is 0. The fourth-order valence-electron chi connectivity index (χ4n) is 4.14. The predicted octanol–water partition coefficient (Wildman–Crippen LogP) is 2.31. The molecule has 2 aliphatic heterocycles. The lowest BCUT2D eigenvalue weighted by atomic mass is 9.72. The number of likely N-dealkylation sites (tertiary alicyclic amines) is 1. The van der Waals surface area contributed by atoms with Crippen LogP contribution in [0.25, 0.3) is 0 Å². The summed E-state index contributed by atoms with van der Waals surface area (Å²) < 4.78 is 5.49. The lowest BCUT2D eigenvalue weighted by Gasteiger charge is -2.36. The van der Waals surface area contributed by atoms with Crippen LogP contribution in [0.15, 0.2) is 18.2 Å². The first kappa shape index (κ1) is 17.7. The fraction of sp³-hybridized carbons (Fsp3) is 0.579. The minimum absolute atomic E-state index is 0.0178. The Labute approximate surface area is 148 Å². The molecule has 1 spiro atoms. The topological polar surface area (TPSA) is 70.7 Å². The second-order valence-corrected chi connectivity index (χ2v) is 7.22. The van der Waals surface area contributed by atoms with Crippen LogP contribution in [0.2, 0.25) is 0 Å². The minimum Gasteiger partial charge on any atom is -0.381 e. The van der Waals surface area contributed by atoms with Crippen LogP contribution in [0, 0.1) is 25.2 Å². The fourth-order valence-corrected chi connectivity index (χ4v) is 4.14. The van der Waals surface area contributed by atoms with Crippen LogP contribution < -0.4 is 10.6 Å². The van der Waals surface area contributed by atoms with E-state index in [4.69, 9.17) is 4.74 Å². The molecule has 2 heterocycles. The van der Waals surface area contributed by atoms with Crippen molar-refractivity contribution in [3.63, 3.8) is 0 Å². The third-order valence-electron chi connectivity index (χ3n) is 5.70. The summed E-state index contributed by atoms with van der Waals surface area (Å²) in [5, 5.41) is 5.81. The molecule has 0 radical (unpaired) electrons. The van der Waals surface area contributed by atoms with Gasteiger partial charge in [0.05, 0.1) is 5.92 Å². The van der Waals surface area contributed by atoms with Crippen molar-refractivity contribution < 1.29 is 14.3 Å². The van der Waals surface area contributed by atoms with E-state index < -0.39 is 0 Å². The molecule has 1 atom stereocenters. The van der Waals surface area contributed by atoms with Gasteiger partial charge in [-0.25, -0.2) is 4.79 Å². The Morgan fingerprint density at radius 1 is 1.20 bits per heavy atom. The van der Waals surface area contributed by atoms with Gasteiger partial charge < -0.3 is 20.3 Å². The Bertz CT molecular complexity index is 648. The van der Waals surface area contributed by atoms with Gasteiger partial charge in [0.2, 0.25) is 5.91 Å². The number of ether oxygens (including phenoxy) is 1. The van der Waals surface area contributed by atoms with Crippen molar-refractivity contribution in [1.29, 1.82) is 0 Å². The van der Waals surface area contributed by atoms with Crippen LogP contribution >= 0.6 is 0 Å². The standard InChI is InChI=1S/C19H27N3O3/c1-13-5-4-6-14(2)16(13)21-18(24)22-11-15(17(23)20-3)19(12-22)7-9-25-10-8-19/h4-6,15H,7-12H2,1-3H3,(H,20,23)(H,21,24). The Balaban J connectivity index is 1.78. The van der Waals surface area contributed by atoms with Gasteiger partial charge in [0.15, 0.2) is 0 Å². The Hall–Kier alpha value is -2.08. The highest BCUT2D eigenvalue weighted by Crippen LogP contribution is 2.44. The van der Waals surface area contributed by atoms with E-state index in [1.165, 1.54) is 0 Å². The lowest BCUT2D eigenvalue weighted by molar-refractivity contribution is -0.129. The van der Waals surface area contributed by atoms with E-state index in [0.29, 0.717) is 26.3 Å². The number of hydrogen-bond acceptors (Lipinski definition) is 3. The van der Waals surface area contributed by atoms with Crippen LogP contribution in [0.5, 0.6) is 0 Å². The van der Waals surface area contributed by atoms with E-state index in [0.717, 1.165) is 29.7 Å². The molecule has 2 N–H and O–H groups in total. The molecular weight excluding hydrogens is 318 g/mol. The maximum Gasteiger partial charge on any atom is 0.321 e. The molecule has 3 amide bonds. The monoisotopic (exact) mass is 345 g/mol. The SMILES string of the molecule is CNC(=O)C1CN(C(=O)Nc2c(C)cccc2C)CC12CCOCC2. The van der Waals surface area contributed by atoms with E-state index in [-0.39, 0.29) is 23.3 Å². The molecule has 1 aromatic carbocycles. The molecule has 136 valence electrons. The van der Waals surface area contributed by atoms with Gasteiger partial charge in [-0.05, 0) is 37.8 Å². The maximum absolute atomic E-state index is 12.9. The average Bonchev–Trinajstić information content (AvgIpc) is 2.97. The van der Waals surface area contributed by atoms with E-state index in [1.54, 1.807) is 11.9 Å². The highest BCUT2D eigenvalue weighted by atomic mass is 16.5. The number of carbonyl (C=O) groups is 2. The van der Waals surface area contributed by atoms with Gasteiger partial charge in [-0.3, -0.25) is 4.79 Å². The van der Waals surface area contributed by atoms with Crippen molar-refractivity contribution in [2.75, 3.05) is 38.7 Å². The first-order valence-electron chi connectivity index (χ1n) is 8.88. The van der Waals surface area contributed by atoms with Crippen molar-refractivity contribution in [2.45, 2.75) is 26.7 Å². The minimum atomic E-state index is -0.176. The van der Waals surface area contributed by atoms with Gasteiger partial charge in [-0.2, -0.15) is 0 Å². The highest BCUT2D eigenvalue weighted by molar-refractivity contribution is 5.92. The molecular formula is C19H27N3O3. The number of carbonyl (C=O) groups excluding carboxylic acids is 2. The van der Waals surface area contributed by atoms with Crippen molar-refractivity contribution in [1.82, 2.24) is 10.2 Å². The molecule has 1 unspecified atom stereocenters. The van der Waals surface area contributed by atoms with E-state index in [9.17, 15) is 9.59 Å². The van der Waals surface area contributed by atoms with Gasteiger partial charge in [-0.1, -0.05) is 18.2 Å². The summed E-state index contributed by atoms with van der Waals surface area (Å²) in [5.74, 6) is -0.158. The van der Waals surface area contributed by atoms with Crippen molar-refractivity contribution >= 4 is 17.6 Å². The molecule has 1 aromatic rings. The van der Waals surface area contributed by atoms with Gasteiger partial charge in [0, 0.05) is 44.5 Å². The normalized spacial score (nSPS) is 22.0. The number of benzene rings is 1. The summed E-state index contributed by atoms with van der Waals surface area (Å²) in [5.41, 5.74) is 2.76. The summed E-state index contributed by atoms with van der Waals surface area (Å²) in [6.07, 6.45) is 1.64. The summed E-state index contributed by atoms with van der Waals surface area (Å²) in [7, 11) is 1.66. The number of hydrogen-bond donors (Lipinski definition) is 2. The average molecular weight is 345 g/mol. The quantitative estimate of drug-likeness (QED) is 0.864. The second kappa shape index (κ2) is 7.04. The van der Waals surface area contributed by atoms with E-state index in [1.807, 2.05) is 32.0 Å². The first-order valence-corrected chi connectivity index (χ1v) is 8.88. The van der Waals surface area contributed by atoms with Gasteiger partial charge in [0.1, 0.15) is 0 Å². The third-order valence-corrected chi connectivity index (χ3v) is 5.70. The number of anilines is 1. The Morgan fingerprint density at radius 3 is 2.44 bits per heavy atom. The molecule has 25 heavy (non-hydrogen) atoms. The number of para-hydroxylation sites is 1. The van der Waals surface area contributed by atoms with Crippen LogP contribution in [0.3, 0.4) is 0 Å². The first-order chi connectivity index (χ1) is 12.0. The molecule has 2 saturated heterocycles. The Kier molecular flexibility index (Phi) is 4.99. The smallest absolute Gasteiger partial charge is 0.321 e. The van der Waals surface area contributed by atoms with Crippen molar-refractivity contribution in [3.05, 3.63) is 29.3 Å². The van der Waals surface area contributed by atoms with Crippen LogP contribution in [-0.4, -0.2) is 50.2 Å². The van der Waals surface area contributed by atoms with Crippen LogP contribution in [0.4, 0.5) is 10.5 Å². The zero-order valence-corrected chi connectivity index (χ0v) is 15.2. The predicted molar refractivity (Wildman–Crippen MR) is 96.6 cm³/mol.